The second kappa shape index (κ2) is 9.73. The molecule has 0 saturated carbocycles. The Labute approximate surface area is 167 Å². The molecule has 0 saturated heterocycles. The van der Waals surface area contributed by atoms with Gasteiger partial charge in [0.2, 0.25) is 0 Å². The molecule has 0 fully saturated rings. The topological polar surface area (TPSA) is 101 Å². The average molecular weight is 412 g/mol. The van der Waals surface area contributed by atoms with Crippen LogP contribution in [0.3, 0.4) is 0 Å². The molecular weight excluding hydrogens is 386 g/mol. The standard InChI is InChI=1S/C19H25N3O3S.ClH/c1-13-8-9-14(2)18(12-13)26(24,25)22-17-7-5-4-6-16(17)19(23)21-11-10-15(3)20;/h4-9,12,15,22H,10-11,20H2,1-3H3,(H,21,23);1H. The zero-order valence-corrected chi connectivity index (χ0v) is 17.3. The van der Waals surface area contributed by atoms with Crippen molar-refractivity contribution in [1.29, 1.82) is 0 Å². The van der Waals surface area contributed by atoms with Crippen LogP contribution in [-0.4, -0.2) is 26.9 Å². The predicted octanol–water partition coefficient (Wildman–Crippen LogP) is 2.99. The Morgan fingerprint density at radius 2 is 1.81 bits per heavy atom. The SMILES string of the molecule is Cc1ccc(C)c(S(=O)(=O)Nc2ccccc2C(=O)NCCC(C)N)c1.Cl. The molecule has 0 aliphatic heterocycles. The number of aryl methyl sites for hydroxylation is 2. The van der Waals surface area contributed by atoms with Crippen molar-refractivity contribution in [2.24, 2.45) is 5.73 Å². The number of carbonyl (C=O) groups is 1. The van der Waals surface area contributed by atoms with E-state index in [0.717, 1.165) is 5.56 Å². The Balaban J connectivity index is 0.00000364. The number of nitrogens with two attached hydrogens (primary N) is 1. The van der Waals surface area contributed by atoms with Gasteiger partial charge in [-0.2, -0.15) is 0 Å². The summed E-state index contributed by atoms with van der Waals surface area (Å²) in [6.07, 6.45) is 0.641. The van der Waals surface area contributed by atoms with Gasteiger partial charge in [-0.15, -0.1) is 12.4 Å². The molecule has 0 radical (unpaired) electrons. The number of nitrogens with one attached hydrogen (secondary N) is 2. The maximum absolute atomic E-state index is 12.8. The number of rotatable bonds is 7. The van der Waals surface area contributed by atoms with E-state index in [1.165, 1.54) is 0 Å². The lowest BCUT2D eigenvalue weighted by atomic mass is 10.1. The van der Waals surface area contributed by atoms with Gasteiger partial charge in [-0.25, -0.2) is 8.42 Å². The lowest BCUT2D eigenvalue weighted by molar-refractivity contribution is 0.0953. The summed E-state index contributed by atoms with van der Waals surface area (Å²) in [6, 6.07) is 11.7. The molecule has 1 unspecified atom stereocenters. The minimum atomic E-state index is -3.81. The minimum Gasteiger partial charge on any atom is -0.352 e. The van der Waals surface area contributed by atoms with Gasteiger partial charge >= 0.3 is 0 Å². The number of amides is 1. The van der Waals surface area contributed by atoms with Gasteiger partial charge in [-0.05, 0) is 56.5 Å². The zero-order chi connectivity index (χ0) is 19.3. The van der Waals surface area contributed by atoms with Crippen LogP contribution in [-0.2, 0) is 10.0 Å². The van der Waals surface area contributed by atoms with E-state index in [-0.39, 0.29) is 40.5 Å². The van der Waals surface area contributed by atoms with Gasteiger partial charge in [0.05, 0.1) is 16.1 Å². The van der Waals surface area contributed by atoms with Gasteiger partial charge in [0.25, 0.3) is 15.9 Å². The van der Waals surface area contributed by atoms with E-state index in [4.69, 9.17) is 5.73 Å². The van der Waals surface area contributed by atoms with Gasteiger partial charge in [-0.3, -0.25) is 9.52 Å². The van der Waals surface area contributed by atoms with Crippen molar-refractivity contribution in [3.8, 4) is 0 Å². The largest absolute Gasteiger partial charge is 0.352 e. The number of hydrogen-bond donors (Lipinski definition) is 3. The summed E-state index contributed by atoms with van der Waals surface area (Å²) in [5.74, 6) is -0.343. The third-order valence-corrected chi connectivity index (χ3v) is 5.44. The number of sulfonamides is 1. The van der Waals surface area contributed by atoms with Gasteiger partial charge < -0.3 is 11.1 Å². The zero-order valence-electron chi connectivity index (χ0n) is 15.7. The molecule has 27 heavy (non-hydrogen) atoms. The Hall–Kier alpha value is -2.09. The van der Waals surface area contributed by atoms with Crippen LogP contribution >= 0.6 is 12.4 Å². The molecule has 0 aromatic heterocycles. The monoisotopic (exact) mass is 411 g/mol. The second-order valence-corrected chi connectivity index (χ2v) is 8.09. The molecule has 1 amide bonds. The van der Waals surface area contributed by atoms with Gasteiger partial charge in [-0.1, -0.05) is 24.3 Å². The van der Waals surface area contributed by atoms with Crippen molar-refractivity contribution in [3.05, 3.63) is 59.2 Å². The van der Waals surface area contributed by atoms with Crippen molar-refractivity contribution < 1.29 is 13.2 Å². The first kappa shape index (κ1) is 23.0. The Morgan fingerprint density at radius 1 is 1.15 bits per heavy atom. The van der Waals surface area contributed by atoms with E-state index < -0.39 is 10.0 Å². The molecule has 4 N–H and O–H groups in total. The first-order valence-corrected chi connectivity index (χ1v) is 9.92. The van der Waals surface area contributed by atoms with Crippen LogP contribution in [0.15, 0.2) is 47.4 Å². The smallest absolute Gasteiger partial charge is 0.262 e. The summed E-state index contributed by atoms with van der Waals surface area (Å²) in [5.41, 5.74) is 7.68. The molecule has 0 aliphatic rings. The summed E-state index contributed by atoms with van der Waals surface area (Å²) in [4.78, 5) is 12.6. The Bertz CT molecular complexity index is 899. The molecule has 2 rings (SSSR count). The fourth-order valence-electron chi connectivity index (χ4n) is 2.48. The molecule has 6 nitrogen and oxygen atoms in total. The molecule has 0 aliphatic carbocycles. The number of benzene rings is 2. The van der Waals surface area contributed by atoms with Crippen molar-refractivity contribution in [3.63, 3.8) is 0 Å². The first-order chi connectivity index (χ1) is 12.2. The average Bonchev–Trinajstić information content (AvgIpc) is 2.56. The summed E-state index contributed by atoms with van der Waals surface area (Å²) < 4.78 is 28.1. The molecule has 0 heterocycles. The lowest BCUT2D eigenvalue weighted by Gasteiger charge is -2.14. The highest BCUT2D eigenvalue weighted by Crippen LogP contribution is 2.23. The highest BCUT2D eigenvalue weighted by Gasteiger charge is 2.20. The number of halogens is 1. The third kappa shape index (κ3) is 6.23. The van der Waals surface area contributed by atoms with E-state index in [1.807, 2.05) is 19.9 Å². The fraction of sp³-hybridized carbons (Fsp3) is 0.316. The quantitative estimate of drug-likeness (QED) is 0.651. The van der Waals surface area contributed by atoms with Crippen molar-refractivity contribution in [2.75, 3.05) is 11.3 Å². The molecule has 148 valence electrons. The number of carbonyl (C=O) groups excluding carboxylic acids is 1. The van der Waals surface area contributed by atoms with E-state index in [9.17, 15) is 13.2 Å². The van der Waals surface area contributed by atoms with Gasteiger partial charge in [0.1, 0.15) is 0 Å². The highest BCUT2D eigenvalue weighted by molar-refractivity contribution is 7.92. The fourth-order valence-corrected chi connectivity index (χ4v) is 3.89. The van der Waals surface area contributed by atoms with Crippen LogP contribution in [0.25, 0.3) is 0 Å². The minimum absolute atomic E-state index is 0. The van der Waals surface area contributed by atoms with E-state index in [1.54, 1.807) is 43.3 Å². The Kier molecular flexibility index (Phi) is 8.27. The van der Waals surface area contributed by atoms with Crippen LogP contribution in [0, 0.1) is 13.8 Å². The van der Waals surface area contributed by atoms with Crippen molar-refractivity contribution >= 4 is 34.0 Å². The van der Waals surface area contributed by atoms with E-state index >= 15 is 0 Å². The highest BCUT2D eigenvalue weighted by atomic mass is 35.5. The van der Waals surface area contributed by atoms with Crippen LogP contribution in [0.5, 0.6) is 0 Å². The third-order valence-electron chi connectivity index (χ3n) is 3.93. The molecule has 2 aromatic carbocycles. The normalized spacial score (nSPS) is 12.0. The van der Waals surface area contributed by atoms with Gasteiger partial charge in [0, 0.05) is 12.6 Å². The molecule has 1 atom stereocenters. The number of hydrogen-bond acceptors (Lipinski definition) is 4. The Morgan fingerprint density at radius 3 is 2.48 bits per heavy atom. The maximum Gasteiger partial charge on any atom is 0.262 e. The molecule has 0 bridgehead atoms. The van der Waals surface area contributed by atoms with Crippen LogP contribution < -0.4 is 15.8 Å². The first-order valence-electron chi connectivity index (χ1n) is 8.43. The summed E-state index contributed by atoms with van der Waals surface area (Å²) in [6.45, 7) is 5.85. The van der Waals surface area contributed by atoms with Crippen molar-refractivity contribution in [1.82, 2.24) is 5.32 Å². The predicted molar refractivity (Wildman–Crippen MR) is 111 cm³/mol. The molecule has 2 aromatic rings. The molecular formula is C19H26ClN3O3S. The van der Waals surface area contributed by atoms with E-state index in [2.05, 4.69) is 10.0 Å². The summed E-state index contributed by atoms with van der Waals surface area (Å²) in [7, 11) is -3.81. The molecule has 0 spiro atoms. The van der Waals surface area contributed by atoms with Crippen LogP contribution in [0.1, 0.15) is 34.8 Å². The van der Waals surface area contributed by atoms with E-state index in [0.29, 0.717) is 18.5 Å². The summed E-state index contributed by atoms with van der Waals surface area (Å²) >= 11 is 0. The number of anilines is 1. The molecule has 8 heteroatoms. The maximum atomic E-state index is 12.8. The second-order valence-electron chi connectivity index (χ2n) is 6.44. The number of para-hydroxylation sites is 1. The van der Waals surface area contributed by atoms with Crippen LogP contribution in [0.4, 0.5) is 5.69 Å². The van der Waals surface area contributed by atoms with Crippen LogP contribution in [0.2, 0.25) is 0 Å². The van der Waals surface area contributed by atoms with Gasteiger partial charge in [0.15, 0.2) is 0 Å². The van der Waals surface area contributed by atoms with Crippen molar-refractivity contribution in [2.45, 2.75) is 38.1 Å². The lowest BCUT2D eigenvalue weighted by Crippen LogP contribution is -2.29. The summed E-state index contributed by atoms with van der Waals surface area (Å²) in [5, 5.41) is 2.76.